The molecule has 0 radical (unpaired) electrons. The van der Waals surface area contributed by atoms with Gasteiger partial charge in [-0.25, -0.2) is 0 Å². The molecule has 5 rings (SSSR count). The minimum Gasteiger partial charge on any atom is -0.352 e. The van der Waals surface area contributed by atoms with Crippen molar-refractivity contribution in [2.45, 2.75) is 31.7 Å². The number of carbonyl (C=O) groups excluding carboxylic acids is 3. The number of hydrogen-bond acceptors (Lipinski definition) is 6. The Balaban J connectivity index is 1.49. The van der Waals surface area contributed by atoms with Crippen LogP contribution in [0.4, 0.5) is 11.4 Å². The predicted octanol–water partition coefficient (Wildman–Crippen LogP) is 2.80. The van der Waals surface area contributed by atoms with Crippen molar-refractivity contribution in [3.05, 3.63) is 59.2 Å². The highest BCUT2D eigenvalue weighted by Crippen LogP contribution is 2.37. The van der Waals surface area contributed by atoms with E-state index in [1.165, 1.54) is 0 Å². The maximum absolute atomic E-state index is 13.6. The van der Waals surface area contributed by atoms with E-state index in [1.54, 1.807) is 24.3 Å². The van der Waals surface area contributed by atoms with Gasteiger partial charge >= 0.3 is 0 Å². The van der Waals surface area contributed by atoms with Crippen LogP contribution in [0.1, 0.15) is 56.8 Å². The van der Waals surface area contributed by atoms with Gasteiger partial charge in [-0.3, -0.25) is 14.4 Å². The van der Waals surface area contributed by atoms with Gasteiger partial charge in [-0.2, -0.15) is 4.99 Å². The molecular formula is C27H32N6O3. The molecule has 0 saturated carbocycles. The van der Waals surface area contributed by atoms with Crippen molar-refractivity contribution in [1.29, 1.82) is 0 Å². The van der Waals surface area contributed by atoms with Gasteiger partial charge in [-0.1, -0.05) is 12.1 Å². The Morgan fingerprint density at radius 2 is 1.83 bits per heavy atom. The third-order valence-electron chi connectivity index (χ3n) is 7.14. The molecule has 0 unspecified atom stereocenters. The van der Waals surface area contributed by atoms with Crippen molar-refractivity contribution >= 4 is 35.1 Å². The molecule has 3 heterocycles. The Morgan fingerprint density at radius 1 is 1.03 bits per heavy atom. The number of rotatable bonds is 2. The normalized spacial score (nSPS) is 21.8. The van der Waals surface area contributed by atoms with Crippen molar-refractivity contribution in [3.8, 4) is 0 Å². The Bertz CT molecular complexity index is 1220. The fourth-order valence-electron chi connectivity index (χ4n) is 5.06. The van der Waals surface area contributed by atoms with Gasteiger partial charge in [0.05, 0.1) is 16.9 Å². The monoisotopic (exact) mass is 488 g/mol. The third-order valence-corrected chi connectivity index (χ3v) is 7.14. The summed E-state index contributed by atoms with van der Waals surface area (Å²) in [7, 11) is 4.09. The number of hydrogen-bond donors (Lipinski definition) is 2. The van der Waals surface area contributed by atoms with E-state index in [1.807, 2.05) is 42.1 Å². The smallest absolute Gasteiger partial charge is 0.280 e. The molecule has 2 bridgehead atoms. The molecule has 0 aromatic heterocycles. The van der Waals surface area contributed by atoms with Gasteiger partial charge < -0.3 is 25.3 Å². The zero-order valence-electron chi connectivity index (χ0n) is 20.8. The summed E-state index contributed by atoms with van der Waals surface area (Å²) in [5.41, 5.74) is 2.94. The number of aliphatic imine (C=N–C) groups is 1. The number of anilines is 2. The number of likely N-dealkylation sites (N-methyl/N-ethyl adjacent to an activating group) is 1. The van der Waals surface area contributed by atoms with E-state index in [2.05, 4.69) is 20.5 Å². The number of carbonyl (C=O) groups is 3. The summed E-state index contributed by atoms with van der Waals surface area (Å²) in [6.07, 6.45) is 3.50. The first kappa shape index (κ1) is 24.0. The molecule has 1 fully saturated rings. The maximum Gasteiger partial charge on any atom is 0.280 e. The lowest BCUT2D eigenvalue weighted by molar-refractivity contribution is 0.0783. The summed E-state index contributed by atoms with van der Waals surface area (Å²) in [5.74, 6) is -0.220. The van der Waals surface area contributed by atoms with Gasteiger partial charge in [-0.15, -0.1) is 0 Å². The number of guanidine groups is 1. The van der Waals surface area contributed by atoms with Crippen LogP contribution in [0.2, 0.25) is 0 Å². The van der Waals surface area contributed by atoms with Crippen molar-refractivity contribution < 1.29 is 14.4 Å². The van der Waals surface area contributed by atoms with Gasteiger partial charge in [0.25, 0.3) is 17.7 Å². The van der Waals surface area contributed by atoms with Crippen LogP contribution < -0.4 is 15.5 Å². The summed E-state index contributed by atoms with van der Waals surface area (Å²) in [6.45, 7) is 2.59. The molecule has 2 aromatic carbocycles. The molecule has 9 nitrogen and oxygen atoms in total. The van der Waals surface area contributed by atoms with E-state index in [-0.39, 0.29) is 11.8 Å². The van der Waals surface area contributed by atoms with E-state index in [4.69, 9.17) is 0 Å². The third kappa shape index (κ3) is 4.70. The van der Waals surface area contributed by atoms with Crippen LogP contribution in [0.15, 0.2) is 47.5 Å². The summed E-state index contributed by atoms with van der Waals surface area (Å²) < 4.78 is 0. The van der Waals surface area contributed by atoms with Crippen LogP contribution in [0.3, 0.4) is 0 Å². The Morgan fingerprint density at radius 3 is 2.64 bits per heavy atom. The predicted molar refractivity (Wildman–Crippen MR) is 140 cm³/mol. The second kappa shape index (κ2) is 10.1. The minimum absolute atomic E-state index is 0.000365. The number of amides is 3. The highest BCUT2D eigenvalue weighted by molar-refractivity contribution is 6.22. The average Bonchev–Trinajstić information content (AvgIpc) is 3.50. The largest absolute Gasteiger partial charge is 0.352 e. The highest BCUT2D eigenvalue weighted by atomic mass is 16.2. The Labute approximate surface area is 211 Å². The fraction of sp³-hybridized carbons (Fsp3) is 0.407. The van der Waals surface area contributed by atoms with Crippen molar-refractivity contribution in [2.75, 3.05) is 50.5 Å². The van der Waals surface area contributed by atoms with Crippen LogP contribution in [0.5, 0.6) is 0 Å². The van der Waals surface area contributed by atoms with Crippen LogP contribution in [-0.4, -0.2) is 79.8 Å². The van der Waals surface area contributed by atoms with E-state index in [9.17, 15) is 14.4 Å². The molecule has 3 amide bonds. The Hall–Kier alpha value is -3.72. The second-order valence-corrected chi connectivity index (χ2v) is 9.77. The van der Waals surface area contributed by atoms with E-state index >= 15 is 0 Å². The molecule has 3 aliphatic rings. The fourth-order valence-corrected chi connectivity index (χ4v) is 5.06. The topological polar surface area (TPSA) is 97.4 Å². The minimum atomic E-state index is -0.441. The molecule has 1 saturated heterocycles. The lowest BCUT2D eigenvalue weighted by atomic mass is 10.1. The summed E-state index contributed by atoms with van der Waals surface area (Å²) in [4.78, 5) is 49.6. The lowest BCUT2D eigenvalue weighted by Crippen LogP contribution is -2.36. The zero-order valence-corrected chi connectivity index (χ0v) is 20.8. The molecule has 36 heavy (non-hydrogen) atoms. The van der Waals surface area contributed by atoms with Gasteiger partial charge in [0.15, 0.2) is 0 Å². The number of para-hydroxylation sites is 1. The number of nitrogens with zero attached hydrogens (tertiary/aromatic N) is 4. The molecule has 2 aromatic rings. The first-order valence-electron chi connectivity index (χ1n) is 12.6. The molecule has 0 spiro atoms. The quantitative estimate of drug-likeness (QED) is 0.675. The van der Waals surface area contributed by atoms with Crippen LogP contribution in [0.25, 0.3) is 0 Å². The van der Waals surface area contributed by atoms with Crippen LogP contribution >= 0.6 is 0 Å². The maximum atomic E-state index is 13.6. The highest BCUT2D eigenvalue weighted by Gasteiger charge is 2.34. The first-order valence-corrected chi connectivity index (χ1v) is 12.6. The number of nitrogens with one attached hydrogen (secondary N) is 2. The standard InChI is InChI=1S/C27H32N6O3/c1-31(2)20-12-15-32(17-20)26(36)21-10-7-11-22-23(21)33-14-5-3-4-13-28-24(34)18-8-6-9-19(16-18)25(35)30-27(33)29-22/h6-11,16,20H,3-5,12-15,17H2,1-2H3,(H,28,34)(H,29,30,35)/t20-/m0/s1. The van der Waals surface area contributed by atoms with Gasteiger partial charge in [0.1, 0.15) is 0 Å². The van der Waals surface area contributed by atoms with E-state index < -0.39 is 5.91 Å². The lowest BCUT2D eigenvalue weighted by Gasteiger charge is -2.24. The van der Waals surface area contributed by atoms with Crippen molar-refractivity contribution in [2.24, 2.45) is 4.99 Å². The first-order chi connectivity index (χ1) is 17.4. The number of benzene rings is 2. The molecule has 3 aliphatic heterocycles. The average molecular weight is 489 g/mol. The van der Waals surface area contributed by atoms with Crippen LogP contribution in [-0.2, 0) is 0 Å². The van der Waals surface area contributed by atoms with Gasteiger partial charge in [0.2, 0.25) is 5.96 Å². The summed E-state index contributed by atoms with van der Waals surface area (Å²) in [6, 6.07) is 12.6. The number of fused-ring (bicyclic) bond motifs is 5. The van der Waals surface area contributed by atoms with Gasteiger partial charge in [0, 0.05) is 43.3 Å². The van der Waals surface area contributed by atoms with Crippen molar-refractivity contribution in [1.82, 2.24) is 15.1 Å². The van der Waals surface area contributed by atoms with Crippen molar-refractivity contribution in [3.63, 3.8) is 0 Å². The molecule has 188 valence electrons. The Kier molecular flexibility index (Phi) is 6.73. The molecule has 0 aliphatic carbocycles. The molecular weight excluding hydrogens is 456 g/mol. The molecule has 9 heteroatoms. The zero-order chi connectivity index (χ0) is 25.2. The SMILES string of the molecule is CN(C)[C@H]1CCN(C(=O)c2cccc3c2N2CCCCCNC(=O)c4cccc(c4)C(=O)/N=C/2N3)C1. The van der Waals surface area contributed by atoms with E-state index in [0.29, 0.717) is 48.3 Å². The molecule has 1 atom stereocenters. The van der Waals surface area contributed by atoms with Gasteiger partial charge in [-0.05, 0) is 70.1 Å². The summed E-state index contributed by atoms with van der Waals surface area (Å²) in [5, 5.41) is 6.20. The van der Waals surface area contributed by atoms with Crippen LogP contribution in [0, 0.1) is 0 Å². The second-order valence-electron chi connectivity index (χ2n) is 9.77. The molecule has 2 N–H and O–H groups in total. The summed E-state index contributed by atoms with van der Waals surface area (Å²) >= 11 is 0. The number of likely N-dealkylation sites (tertiary alicyclic amines) is 1. The van der Waals surface area contributed by atoms with E-state index in [0.717, 1.165) is 43.6 Å².